The van der Waals surface area contributed by atoms with Crippen LogP contribution < -0.4 is 26.0 Å². The van der Waals surface area contributed by atoms with Crippen LogP contribution in [0.5, 0.6) is 0 Å². The number of nitro benzene ring substituents is 1. The van der Waals surface area contributed by atoms with E-state index in [1.807, 2.05) is 25.1 Å². The molecule has 2 aromatic carbocycles. The third-order valence-electron chi connectivity index (χ3n) is 3.36. The minimum Gasteiger partial charge on any atom is -0.858 e. The second-order valence-corrected chi connectivity index (χ2v) is 4.70. The highest BCUT2D eigenvalue weighted by Crippen LogP contribution is 2.20. The maximum Gasteiger partial charge on any atom is 0.269 e. The van der Waals surface area contributed by atoms with E-state index in [1.54, 1.807) is 18.2 Å². The van der Waals surface area contributed by atoms with Gasteiger partial charge in [-0.2, -0.15) is 0 Å². The van der Waals surface area contributed by atoms with Gasteiger partial charge in [-0.05, 0) is 30.2 Å². The predicted molar refractivity (Wildman–Crippen MR) is 76.9 cm³/mol. The van der Waals surface area contributed by atoms with Crippen molar-refractivity contribution < 1.29 is 10.0 Å². The van der Waals surface area contributed by atoms with Crippen molar-refractivity contribution in [2.75, 3.05) is 5.01 Å². The van der Waals surface area contributed by atoms with E-state index in [1.165, 1.54) is 17.1 Å². The van der Waals surface area contributed by atoms with Crippen molar-refractivity contribution in [2.45, 2.75) is 6.92 Å². The van der Waals surface area contributed by atoms with Crippen molar-refractivity contribution in [2.24, 2.45) is 0 Å². The summed E-state index contributed by atoms with van der Waals surface area (Å²) in [6.45, 7) is 1.88. The highest BCUT2D eigenvalue weighted by atomic mass is 16.6. The summed E-state index contributed by atoms with van der Waals surface area (Å²) in [5, 5.41) is 26.0. The van der Waals surface area contributed by atoms with Gasteiger partial charge in [0, 0.05) is 23.0 Å². The molecule has 0 spiro atoms. The maximum absolute atomic E-state index is 12.5. The lowest BCUT2D eigenvalue weighted by Crippen LogP contribution is -2.52. The molecular weight excluding hydrogens is 270 g/mol. The molecule has 1 N–H and O–H groups in total. The molecule has 0 fully saturated rings. The zero-order valence-electron chi connectivity index (χ0n) is 11.2. The molecule has 0 bridgehead atoms. The molecule has 6 heteroatoms. The van der Waals surface area contributed by atoms with E-state index < -0.39 is 4.92 Å². The third-order valence-corrected chi connectivity index (χ3v) is 3.36. The van der Waals surface area contributed by atoms with Gasteiger partial charge in [0.25, 0.3) is 5.69 Å². The van der Waals surface area contributed by atoms with E-state index in [0.717, 1.165) is 10.9 Å². The number of hydrogen-bond donors (Lipinski definition) is 1. The fraction of sp³-hybridized carbons (Fsp3) is 0.0667. The van der Waals surface area contributed by atoms with Crippen LogP contribution in [0.15, 0.2) is 48.5 Å². The van der Waals surface area contributed by atoms with E-state index in [0.29, 0.717) is 10.9 Å². The quantitative estimate of drug-likeness (QED) is 0.627. The Labute approximate surface area is 120 Å². The molecule has 0 saturated carbocycles. The number of anilines is 1. The van der Waals surface area contributed by atoms with Crippen LogP contribution in [0.1, 0.15) is 6.92 Å². The van der Waals surface area contributed by atoms with E-state index >= 15 is 0 Å². The van der Waals surface area contributed by atoms with Gasteiger partial charge in [0.2, 0.25) is 0 Å². The van der Waals surface area contributed by atoms with E-state index in [-0.39, 0.29) is 11.6 Å². The lowest BCUT2D eigenvalue weighted by atomic mass is 10.2. The molecule has 1 aliphatic heterocycles. The standard InChI is InChI=1S/C15H13N3O3/c1-10-13-4-2-3-5-14(13)15(19)17(16-10)11-6-8-12(9-7-11)18(20)21/h2-9,16,19H,1H3/p-1. The van der Waals surface area contributed by atoms with Gasteiger partial charge in [-0.25, -0.2) is 0 Å². The molecule has 106 valence electrons. The van der Waals surface area contributed by atoms with Gasteiger partial charge in [0.05, 0.1) is 10.6 Å². The first kappa shape index (κ1) is 13.0. The number of non-ortho nitro benzene ring substituents is 1. The highest BCUT2D eigenvalue weighted by Gasteiger charge is 2.13. The SMILES string of the molecule is CC1=c2ccccc2=C([O-])N(c2ccc([N+](=O)[O-])cc2)N1. The summed E-state index contributed by atoms with van der Waals surface area (Å²) in [5.74, 6) is -0.190. The summed E-state index contributed by atoms with van der Waals surface area (Å²) in [6.07, 6.45) is 0. The number of nitro groups is 1. The molecule has 0 atom stereocenters. The van der Waals surface area contributed by atoms with Crippen molar-refractivity contribution in [3.63, 3.8) is 0 Å². The summed E-state index contributed by atoms with van der Waals surface area (Å²) in [7, 11) is 0. The summed E-state index contributed by atoms with van der Waals surface area (Å²) >= 11 is 0. The van der Waals surface area contributed by atoms with Gasteiger partial charge < -0.3 is 5.11 Å². The number of benzene rings is 2. The average molecular weight is 282 g/mol. The summed E-state index contributed by atoms with van der Waals surface area (Å²) in [4.78, 5) is 10.2. The lowest BCUT2D eigenvalue weighted by Gasteiger charge is -2.35. The molecular formula is C15H12N3O3-. The van der Waals surface area contributed by atoms with Crippen molar-refractivity contribution >= 4 is 23.0 Å². The first-order valence-electron chi connectivity index (χ1n) is 6.36. The number of rotatable bonds is 2. The first-order valence-corrected chi connectivity index (χ1v) is 6.36. The Morgan fingerprint density at radius 1 is 1.05 bits per heavy atom. The minimum absolute atomic E-state index is 0.00990. The zero-order valence-corrected chi connectivity index (χ0v) is 11.2. The third kappa shape index (κ3) is 2.16. The Hall–Kier alpha value is -3.02. The second-order valence-electron chi connectivity index (χ2n) is 4.70. The maximum atomic E-state index is 12.5. The van der Waals surface area contributed by atoms with Crippen LogP contribution >= 0.6 is 0 Å². The summed E-state index contributed by atoms with van der Waals surface area (Å²) in [6, 6.07) is 13.2. The Kier molecular flexibility index (Phi) is 2.98. The summed E-state index contributed by atoms with van der Waals surface area (Å²) < 4.78 is 0. The van der Waals surface area contributed by atoms with Gasteiger partial charge in [-0.15, -0.1) is 0 Å². The number of nitrogens with one attached hydrogen (secondary N) is 1. The van der Waals surface area contributed by atoms with Gasteiger partial charge in [0.15, 0.2) is 0 Å². The molecule has 1 heterocycles. The minimum atomic E-state index is -0.470. The fourth-order valence-electron chi connectivity index (χ4n) is 2.30. The Balaban J connectivity index is 2.10. The van der Waals surface area contributed by atoms with Gasteiger partial charge in [-0.3, -0.25) is 20.5 Å². The van der Waals surface area contributed by atoms with Crippen LogP contribution in [0.3, 0.4) is 0 Å². The van der Waals surface area contributed by atoms with Crippen LogP contribution in [-0.2, 0) is 0 Å². The normalized spacial score (nSPS) is 13.7. The molecule has 0 unspecified atom stereocenters. The number of nitrogens with zero attached hydrogens (tertiary/aromatic N) is 2. The summed E-state index contributed by atoms with van der Waals surface area (Å²) in [5.41, 5.74) is 4.41. The molecule has 0 saturated heterocycles. The second kappa shape index (κ2) is 4.82. The largest absolute Gasteiger partial charge is 0.858 e. The van der Waals surface area contributed by atoms with Crippen LogP contribution in [0.25, 0.3) is 11.6 Å². The van der Waals surface area contributed by atoms with Crippen LogP contribution in [-0.4, -0.2) is 4.92 Å². The molecule has 0 aliphatic carbocycles. The van der Waals surface area contributed by atoms with E-state index in [9.17, 15) is 15.2 Å². The van der Waals surface area contributed by atoms with Crippen LogP contribution in [0.2, 0.25) is 0 Å². The van der Waals surface area contributed by atoms with E-state index in [2.05, 4.69) is 5.43 Å². The topological polar surface area (TPSA) is 81.5 Å². The monoisotopic (exact) mass is 282 g/mol. The molecule has 0 aromatic heterocycles. The fourth-order valence-corrected chi connectivity index (χ4v) is 2.30. The number of hydrazine groups is 1. The van der Waals surface area contributed by atoms with Crippen molar-refractivity contribution in [3.05, 3.63) is 69.1 Å². The van der Waals surface area contributed by atoms with E-state index in [4.69, 9.17) is 0 Å². The molecule has 6 nitrogen and oxygen atoms in total. The van der Waals surface area contributed by atoms with Crippen LogP contribution in [0.4, 0.5) is 11.4 Å². The molecule has 0 radical (unpaired) electrons. The van der Waals surface area contributed by atoms with Gasteiger partial charge in [-0.1, -0.05) is 24.3 Å². The predicted octanol–water partition coefficient (Wildman–Crippen LogP) is 0.174. The zero-order chi connectivity index (χ0) is 15.0. The number of fused-ring (bicyclic) bond motifs is 1. The highest BCUT2D eigenvalue weighted by molar-refractivity contribution is 5.68. The molecule has 0 amide bonds. The first-order chi connectivity index (χ1) is 10.1. The Morgan fingerprint density at radius 3 is 2.29 bits per heavy atom. The van der Waals surface area contributed by atoms with Gasteiger partial charge in [0.1, 0.15) is 0 Å². The smallest absolute Gasteiger partial charge is 0.269 e. The molecule has 21 heavy (non-hydrogen) atoms. The van der Waals surface area contributed by atoms with Crippen molar-refractivity contribution in [1.82, 2.24) is 5.43 Å². The molecule has 2 aromatic rings. The number of hydrogen-bond acceptors (Lipinski definition) is 5. The lowest BCUT2D eigenvalue weighted by molar-refractivity contribution is -0.384. The molecule has 1 aliphatic rings. The van der Waals surface area contributed by atoms with Crippen molar-refractivity contribution in [1.29, 1.82) is 0 Å². The molecule has 3 rings (SSSR count). The van der Waals surface area contributed by atoms with Crippen molar-refractivity contribution in [3.8, 4) is 0 Å². The Morgan fingerprint density at radius 2 is 1.67 bits per heavy atom. The average Bonchev–Trinajstić information content (AvgIpc) is 2.51. The Bertz CT molecular complexity index is 828. The van der Waals surface area contributed by atoms with Crippen LogP contribution in [0, 0.1) is 10.1 Å². The van der Waals surface area contributed by atoms with Gasteiger partial charge >= 0.3 is 0 Å².